The summed E-state index contributed by atoms with van der Waals surface area (Å²) in [5.41, 5.74) is 0. The first kappa shape index (κ1) is 14.7. The molecule has 1 atom stereocenters. The molecule has 3 rings (SSSR count). The maximum absolute atomic E-state index is 12.1. The van der Waals surface area contributed by atoms with Gasteiger partial charge in [0, 0.05) is 18.6 Å². The molecule has 1 N–H and O–H groups in total. The van der Waals surface area contributed by atoms with Crippen LogP contribution in [0.15, 0.2) is 41.9 Å². The highest BCUT2D eigenvalue weighted by Crippen LogP contribution is 2.21. The number of anilines is 1. The molecule has 0 radical (unpaired) electrons. The number of fused-ring (bicyclic) bond motifs is 1. The second-order valence-electron chi connectivity index (χ2n) is 4.37. The summed E-state index contributed by atoms with van der Waals surface area (Å²) in [5.74, 6) is 0.759. The van der Waals surface area contributed by atoms with Crippen molar-refractivity contribution in [3.05, 3.63) is 41.8 Å². The van der Waals surface area contributed by atoms with Crippen molar-refractivity contribution in [2.45, 2.75) is 17.3 Å². The van der Waals surface area contributed by atoms with Crippen LogP contribution in [0, 0.1) is 0 Å². The number of thioether (sulfide) groups is 1. The van der Waals surface area contributed by atoms with Crippen LogP contribution in [0.4, 0.5) is 5.82 Å². The van der Waals surface area contributed by atoms with E-state index in [9.17, 15) is 4.79 Å². The van der Waals surface area contributed by atoms with Crippen molar-refractivity contribution >= 4 is 40.9 Å². The standard InChI is InChI=1S/C13H11ClN6OS/c1-8(11(21)17-10-4-3-9(14)7-16-10)22-13-18-12-15-5-2-6-20(12)19-13/h2-8H,1H3,(H,16,17,21)/t8-/m0/s1. The van der Waals surface area contributed by atoms with Crippen LogP contribution in [0.25, 0.3) is 5.78 Å². The molecule has 0 spiro atoms. The summed E-state index contributed by atoms with van der Waals surface area (Å²) in [6.07, 6.45) is 4.87. The zero-order valence-corrected chi connectivity index (χ0v) is 13.0. The predicted octanol–water partition coefficient (Wildman–Crippen LogP) is 2.29. The van der Waals surface area contributed by atoms with Crippen LogP contribution in [-0.4, -0.2) is 35.7 Å². The average molecular weight is 335 g/mol. The van der Waals surface area contributed by atoms with Crippen molar-refractivity contribution < 1.29 is 4.79 Å². The van der Waals surface area contributed by atoms with Crippen LogP contribution in [-0.2, 0) is 4.79 Å². The normalized spacial score (nSPS) is 12.3. The van der Waals surface area contributed by atoms with Gasteiger partial charge < -0.3 is 5.32 Å². The Morgan fingerprint density at radius 1 is 1.41 bits per heavy atom. The molecule has 112 valence electrons. The first-order valence-electron chi connectivity index (χ1n) is 6.38. The number of amides is 1. The Morgan fingerprint density at radius 2 is 2.27 bits per heavy atom. The van der Waals surface area contributed by atoms with Gasteiger partial charge >= 0.3 is 0 Å². The van der Waals surface area contributed by atoms with Crippen LogP contribution in [0.5, 0.6) is 0 Å². The Bertz CT molecular complexity index is 773. The molecule has 7 nitrogen and oxygen atoms in total. The third kappa shape index (κ3) is 3.34. The number of carbonyl (C=O) groups excluding carboxylic acids is 1. The van der Waals surface area contributed by atoms with Gasteiger partial charge in [0.1, 0.15) is 5.82 Å². The Labute approximate surface area is 135 Å². The summed E-state index contributed by atoms with van der Waals surface area (Å²) in [7, 11) is 0. The summed E-state index contributed by atoms with van der Waals surface area (Å²) in [6, 6.07) is 5.07. The van der Waals surface area contributed by atoms with Crippen molar-refractivity contribution in [1.82, 2.24) is 24.6 Å². The van der Waals surface area contributed by atoms with Crippen LogP contribution in [0.3, 0.4) is 0 Å². The Balaban J connectivity index is 1.66. The summed E-state index contributed by atoms with van der Waals surface area (Å²) >= 11 is 7.00. The largest absolute Gasteiger partial charge is 0.310 e. The van der Waals surface area contributed by atoms with Crippen molar-refractivity contribution in [1.29, 1.82) is 0 Å². The van der Waals surface area contributed by atoms with E-state index in [0.717, 1.165) is 0 Å². The number of nitrogens with one attached hydrogen (secondary N) is 1. The van der Waals surface area contributed by atoms with E-state index in [-0.39, 0.29) is 11.2 Å². The molecule has 0 aliphatic heterocycles. The lowest BCUT2D eigenvalue weighted by molar-refractivity contribution is -0.115. The molecule has 0 aliphatic carbocycles. The van der Waals surface area contributed by atoms with Gasteiger partial charge in [-0.3, -0.25) is 4.79 Å². The van der Waals surface area contributed by atoms with Gasteiger partial charge in [-0.25, -0.2) is 14.5 Å². The van der Waals surface area contributed by atoms with Crippen molar-refractivity contribution in [3.8, 4) is 0 Å². The molecule has 0 unspecified atom stereocenters. The van der Waals surface area contributed by atoms with E-state index in [4.69, 9.17) is 11.6 Å². The van der Waals surface area contributed by atoms with Gasteiger partial charge in [-0.1, -0.05) is 23.4 Å². The lowest BCUT2D eigenvalue weighted by Gasteiger charge is -2.09. The highest BCUT2D eigenvalue weighted by Gasteiger charge is 2.18. The molecule has 0 aromatic carbocycles. The Morgan fingerprint density at radius 3 is 3.00 bits per heavy atom. The highest BCUT2D eigenvalue weighted by molar-refractivity contribution is 8.00. The van der Waals surface area contributed by atoms with Gasteiger partial charge in [-0.05, 0) is 25.1 Å². The van der Waals surface area contributed by atoms with E-state index in [1.165, 1.54) is 18.0 Å². The van der Waals surface area contributed by atoms with Gasteiger partial charge in [-0.2, -0.15) is 4.98 Å². The lowest BCUT2D eigenvalue weighted by atomic mass is 10.4. The van der Waals surface area contributed by atoms with Crippen LogP contribution in [0.1, 0.15) is 6.92 Å². The molecule has 0 aliphatic rings. The SMILES string of the molecule is C[C@H](Sc1nc2ncccn2n1)C(=O)Nc1ccc(Cl)cn1. The van der Waals surface area contributed by atoms with E-state index < -0.39 is 0 Å². The highest BCUT2D eigenvalue weighted by atomic mass is 35.5. The second kappa shape index (κ2) is 6.29. The van der Waals surface area contributed by atoms with E-state index in [1.807, 2.05) is 0 Å². The van der Waals surface area contributed by atoms with E-state index in [2.05, 4.69) is 25.4 Å². The minimum absolute atomic E-state index is 0.188. The maximum atomic E-state index is 12.1. The molecule has 3 aromatic rings. The summed E-state index contributed by atoms with van der Waals surface area (Å²) < 4.78 is 1.56. The molecular weight excluding hydrogens is 324 g/mol. The molecule has 9 heteroatoms. The summed E-state index contributed by atoms with van der Waals surface area (Å²) in [5, 5.41) is 7.59. The maximum Gasteiger partial charge on any atom is 0.253 e. The first-order chi connectivity index (χ1) is 10.6. The number of hydrogen-bond acceptors (Lipinski definition) is 6. The fourth-order valence-corrected chi connectivity index (χ4v) is 2.52. The van der Waals surface area contributed by atoms with Gasteiger partial charge in [0.15, 0.2) is 0 Å². The van der Waals surface area contributed by atoms with Crippen LogP contribution in [0.2, 0.25) is 5.02 Å². The van der Waals surface area contributed by atoms with Gasteiger partial charge in [0.2, 0.25) is 11.1 Å². The first-order valence-corrected chi connectivity index (χ1v) is 7.64. The quantitative estimate of drug-likeness (QED) is 0.737. The Kier molecular flexibility index (Phi) is 4.21. The molecule has 22 heavy (non-hydrogen) atoms. The number of halogens is 1. The van der Waals surface area contributed by atoms with Gasteiger partial charge in [0.05, 0.1) is 10.3 Å². The van der Waals surface area contributed by atoms with Gasteiger partial charge in [-0.15, -0.1) is 5.10 Å². The summed E-state index contributed by atoms with van der Waals surface area (Å²) in [6.45, 7) is 1.77. The van der Waals surface area contributed by atoms with Crippen LogP contribution >= 0.6 is 23.4 Å². The van der Waals surface area contributed by atoms with E-state index >= 15 is 0 Å². The van der Waals surface area contributed by atoms with Crippen molar-refractivity contribution in [3.63, 3.8) is 0 Å². The van der Waals surface area contributed by atoms with Gasteiger partial charge in [0.25, 0.3) is 5.78 Å². The molecule has 3 aromatic heterocycles. The number of rotatable bonds is 4. The molecule has 0 saturated heterocycles. The lowest BCUT2D eigenvalue weighted by Crippen LogP contribution is -2.23. The molecule has 0 bridgehead atoms. The second-order valence-corrected chi connectivity index (χ2v) is 6.11. The summed E-state index contributed by atoms with van der Waals surface area (Å²) in [4.78, 5) is 24.5. The third-order valence-electron chi connectivity index (χ3n) is 2.73. The molecular formula is C13H11ClN6OS. The monoisotopic (exact) mass is 334 g/mol. The average Bonchev–Trinajstić information content (AvgIpc) is 2.91. The van der Waals surface area contributed by atoms with Crippen molar-refractivity contribution in [2.24, 2.45) is 0 Å². The smallest absolute Gasteiger partial charge is 0.253 e. The number of pyridine rings is 1. The number of aromatic nitrogens is 5. The predicted molar refractivity (Wildman–Crippen MR) is 84.0 cm³/mol. The minimum atomic E-state index is -0.380. The molecule has 1 amide bonds. The van der Waals surface area contributed by atoms with E-state index in [1.54, 1.807) is 42.0 Å². The molecule has 0 saturated carbocycles. The fraction of sp³-hybridized carbons (Fsp3) is 0.154. The van der Waals surface area contributed by atoms with E-state index in [0.29, 0.717) is 21.8 Å². The van der Waals surface area contributed by atoms with Crippen LogP contribution < -0.4 is 5.32 Å². The minimum Gasteiger partial charge on any atom is -0.310 e. The topological polar surface area (TPSA) is 85.1 Å². The van der Waals surface area contributed by atoms with Crippen molar-refractivity contribution in [2.75, 3.05) is 5.32 Å². The molecule has 3 heterocycles. The zero-order chi connectivity index (χ0) is 15.5. The number of nitrogens with zero attached hydrogens (tertiary/aromatic N) is 5. The number of hydrogen-bond donors (Lipinski definition) is 1. The zero-order valence-electron chi connectivity index (χ0n) is 11.5. The third-order valence-corrected chi connectivity index (χ3v) is 3.90. The fourth-order valence-electron chi connectivity index (χ4n) is 1.65. The Hall–Kier alpha value is -2.19. The molecule has 0 fully saturated rings. The number of carbonyl (C=O) groups is 1.